The number of benzene rings is 1. The van der Waals surface area contributed by atoms with E-state index in [0.717, 1.165) is 18.0 Å². The molecule has 0 unspecified atom stereocenters. The molecule has 0 aromatic heterocycles. The molecule has 4 nitrogen and oxygen atoms in total. The number of ether oxygens (including phenoxy) is 1. The summed E-state index contributed by atoms with van der Waals surface area (Å²) in [7, 11) is 8.02. The summed E-state index contributed by atoms with van der Waals surface area (Å²) in [4.78, 5) is 4.10. The molecule has 0 spiro atoms. The van der Waals surface area contributed by atoms with Crippen LogP contribution in [0.25, 0.3) is 0 Å². The molecular formula is C12H21N3O. The largest absolute Gasteiger partial charge is 0.490 e. The Morgan fingerprint density at radius 2 is 1.88 bits per heavy atom. The van der Waals surface area contributed by atoms with Gasteiger partial charge in [-0.15, -0.1) is 0 Å². The second-order valence-corrected chi connectivity index (χ2v) is 4.27. The van der Waals surface area contributed by atoms with Gasteiger partial charge in [0.05, 0.1) is 5.69 Å². The van der Waals surface area contributed by atoms with Gasteiger partial charge in [-0.05, 0) is 26.2 Å². The summed E-state index contributed by atoms with van der Waals surface area (Å²) in [5.74, 6) is 0.757. The minimum atomic E-state index is 0.647. The first kappa shape index (κ1) is 12.6. The smallest absolute Gasteiger partial charge is 0.144 e. The average molecular weight is 223 g/mol. The van der Waals surface area contributed by atoms with Gasteiger partial charge in [-0.25, -0.2) is 0 Å². The molecule has 0 aliphatic heterocycles. The maximum atomic E-state index is 5.85. The van der Waals surface area contributed by atoms with Crippen molar-refractivity contribution in [1.29, 1.82) is 0 Å². The number of likely N-dealkylation sites (N-methyl/N-ethyl adjacent to an activating group) is 1. The Morgan fingerprint density at radius 1 is 1.19 bits per heavy atom. The van der Waals surface area contributed by atoms with Crippen LogP contribution in [0.5, 0.6) is 5.75 Å². The van der Waals surface area contributed by atoms with Crippen molar-refractivity contribution < 1.29 is 4.74 Å². The first-order valence-electron chi connectivity index (χ1n) is 5.35. The topological polar surface area (TPSA) is 41.7 Å². The van der Waals surface area contributed by atoms with E-state index in [1.807, 2.05) is 51.3 Å². The Bertz CT molecular complexity index is 337. The van der Waals surface area contributed by atoms with Crippen LogP contribution in [-0.4, -0.2) is 46.2 Å². The van der Waals surface area contributed by atoms with Gasteiger partial charge >= 0.3 is 0 Å². The van der Waals surface area contributed by atoms with Crippen LogP contribution < -0.4 is 15.4 Å². The van der Waals surface area contributed by atoms with E-state index >= 15 is 0 Å². The monoisotopic (exact) mass is 223 g/mol. The summed E-state index contributed by atoms with van der Waals surface area (Å²) in [6.45, 7) is 1.53. The van der Waals surface area contributed by atoms with E-state index in [1.165, 1.54) is 0 Å². The first-order valence-corrected chi connectivity index (χ1v) is 5.35. The maximum absolute atomic E-state index is 5.85. The molecule has 0 saturated heterocycles. The standard InChI is InChI=1S/C12H21N3O/c1-14(2)7-8-16-12-9-10(15(3)4)5-6-11(12)13/h5-6,9H,7-8,13H2,1-4H3. The molecule has 0 radical (unpaired) electrons. The fraction of sp³-hybridized carbons (Fsp3) is 0.500. The number of nitrogens with zero attached hydrogens (tertiary/aromatic N) is 2. The van der Waals surface area contributed by atoms with Crippen molar-refractivity contribution >= 4 is 11.4 Å². The van der Waals surface area contributed by atoms with Gasteiger partial charge in [-0.2, -0.15) is 0 Å². The van der Waals surface area contributed by atoms with Crippen molar-refractivity contribution in [2.75, 3.05) is 52.0 Å². The second-order valence-electron chi connectivity index (χ2n) is 4.27. The third kappa shape index (κ3) is 3.62. The predicted octanol–water partition coefficient (Wildman–Crippen LogP) is 1.28. The van der Waals surface area contributed by atoms with E-state index in [9.17, 15) is 0 Å². The van der Waals surface area contributed by atoms with Gasteiger partial charge in [0.2, 0.25) is 0 Å². The van der Waals surface area contributed by atoms with Gasteiger partial charge < -0.3 is 20.3 Å². The number of rotatable bonds is 5. The number of nitrogens with two attached hydrogens (primary N) is 1. The van der Waals surface area contributed by atoms with E-state index in [2.05, 4.69) is 4.90 Å². The average Bonchev–Trinajstić information content (AvgIpc) is 2.20. The number of anilines is 2. The minimum Gasteiger partial charge on any atom is -0.490 e. The summed E-state index contributed by atoms with van der Waals surface area (Å²) in [6.07, 6.45) is 0. The zero-order valence-corrected chi connectivity index (χ0v) is 10.5. The number of hydrogen-bond donors (Lipinski definition) is 1. The zero-order chi connectivity index (χ0) is 12.1. The molecular weight excluding hydrogens is 202 g/mol. The fourth-order valence-electron chi connectivity index (χ4n) is 1.26. The van der Waals surface area contributed by atoms with Crippen LogP contribution in [0.4, 0.5) is 11.4 Å². The Kier molecular flexibility index (Phi) is 4.43. The molecule has 0 heterocycles. The molecule has 1 rings (SSSR count). The highest BCUT2D eigenvalue weighted by molar-refractivity contribution is 5.61. The van der Waals surface area contributed by atoms with Crippen LogP contribution >= 0.6 is 0 Å². The van der Waals surface area contributed by atoms with E-state index in [0.29, 0.717) is 12.3 Å². The van der Waals surface area contributed by atoms with Crippen LogP contribution in [0.15, 0.2) is 18.2 Å². The van der Waals surface area contributed by atoms with Gasteiger partial charge in [-0.1, -0.05) is 0 Å². The molecule has 0 bridgehead atoms. The van der Waals surface area contributed by atoms with Crippen molar-refractivity contribution in [3.8, 4) is 5.75 Å². The third-order valence-electron chi connectivity index (χ3n) is 2.31. The Labute approximate surface area is 97.6 Å². The highest BCUT2D eigenvalue weighted by Crippen LogP contribution is 2.26. The quantitative estimate of drug-likeness (QED) is 0.763. The molecule has 90 valence electrons. The van der Waals surface area contributed by atoms with Gasteiger partial charge in [0, 0.05) is 32.4 Å². The Morgan fingerprint density at radius 3 is 2.44 bits per heavy atom. The fourth-order valence-corrected chi connectivity index (χ4v) is 1.26. The van der Waals surface area contributed by atoms with Crippen molar-refractivity contribution in [2.24, 2.45) is 0 Å². The Balaban J connectivity index is 2.67. The number of nitrogen functional groups attached to an aromatic ring is 1. The predicted molar refractivity (Wildman–Crippen MR) is 69.2 cm³/mol. The van der Waals surface area contributed by atoms with E-state index in [-0.39, 0.29) is 0 Å². The normalized spacial score (nSPS) is 10.6. The molecule has 1 aromatic carbocycles. The van der Waals surface area contributed by atoms with Crippen LogP contribution in [-0.2, 0) is 0 Å². The highest BCUT2D eigenvalue weighted by Gasteiger charge is 2.03. The van der Waals surface area contributed by atoms with E-state index in [1.54, 1.807) is 0 Å². The van der Waals surface area contributed by atoms with Crippen molar-refractivity contribution in [1.82, 2.24) is 4.90 Å². The lowest BCUT2D eigenvalue weighted by Gasteiger charge is -2.16. The van der Waals surface area contributed by atoms with Gasteiger partial charge in [0.15, 0.2) is 0 Å². The molecule has 0 aliphatic rings. The van der Waals surface area contributed by atoms with Crippen LogP contribution in [0.2, 0.25) is 0 Å². The van der Waals surface area contributed by atoms with Crippen molar-refractivity contribution in [3.63, 3.8) is 0 Å². The molecule has 0 saturated carbocycles. The minimum absolute atomic E-state index is 0.647. The summed E-state index contributed by atoms with van der Waals surface area (Å²) in [6, 6.07) is 5.82. The van der Waals surface area contributed by atoms with Crippen LogP contribution in [0.1, 0.15) is 0 Å². The summed E-state index contributed by atoms with van der Waals surface area (Å²) >= 11 is 0. The molecule has 0 amide bonds. The molecule has 2 N–H and O–H groups in total. The molecule has 0 aliphatic carbocycles. The number of hydrogen-bond acceptors (Lipinski definition) is 4. The lowest BCUT2D eigenvalue weighted by atomic mass is 10.2. The Hall–Kier alpha value is -1.42. The van der Waals surface area contributed by atoms with Crippen LogP contribution in [0, 0.1) is 0 Å². The lowest BCUT2D eigenvalue weighted by molar-refractivity contribution is 0.262. The van der Waals surface area contributed by atoms with Crippen LogP contribution in [0.3, 0.4) is 0 Å². The second kappa shape index (κ2) is 5.61. The highest BCUT2D eigenvalue weighted by atomic mass is 16.5. The van der Waals surface area contributed by atoms with Gasteiger partial charge in [0.1, 0.15) is 12.4 Å². The SMILES string of the molecule is CN(C)CCOc1cc(N(C)C)ccc1N. The summed E-state index contributed by atoms with van der Waals surface area (Å²) < 4.78 is 5.65. The lowest BCUT2D eigenvalue weighted by Crippen LogP contribution is -2.19. The van der Waals surface area contributed by atoms with Crippen molar-refractivity contribution in [3.05, 3.63) is 18.2 Å². The molecule has 0 fully saturated rings. The molecule has 1 aromatic rings. The molecule has 0 atom stereocenters. The van der Waals surface area contributed by atoms with E-state index in [4.69, 9.17) is 10.5 Å². The summed E-state index contributed by atoms with van der Waals surface area (Å²) in [5.41, 5.74) is 7.63. The van der Waals surface area contributed by atoms with Crippen molar-refractivity contribution in [2.45, 2.75) is 0 Å². The maximum Gasteiger partial charge on any atom is 0.144 e. The molecule has 16 heavy (non-hydrogen) atoms. The van der Waals surface area contributed by atoms with Gasteiger partial charge in [0.25, 0.3) is 0 Å². The van der Waals surface area contributed by atoms with Gasteiger partial charge in [-0.3, -0.25) is 0 Å². The first-order chi connectivity index (χ1) is 7.50. The zero-order valence-electron chi connectivity index (χ0n) is 10.5. The third-order valence-corrected chi connectivity index (χ3v) is 2.31. The molecule has 4 heteroatoms. The summed E-state index contributed by atoms with van der Waals surface area (Å²) in [5, 5.41) is 0. The van der Waals surface area contributed by atoms with E-state index < -0.39 is 0 Å².